The second-order valence-electron chi connectivity index (χ2n) is 8.81. The summed E-state index contributed by atoms with van der Waals surface area (Å²) < 4.78 is 23.6. The number of rotatable bonds is 15. The average Bonchev–Trinajstić information content (AvgIpc) is 2.77. The van der Waals surface area contributed by atoms with Gasteiger partial charge in [-0.25, -0.2) is 0 Å². The first-order valence-corrected chi connectivity index (χ1v) is 19.6. The van der Waals surface area contributed by atoms with E-state index in [2.05, 4.69) is 30.9 Å². The van der Waals surface area contributed by atoms with Crippen molar-refractivity contribution in [2.75, 3.05) is 14.2 Å². The molecular weight excluding hydrogens is 495 g/mol. The van der Waals surface area contributed by atoms with Gasteiger partial charge < -0.3 is 0 Å². The normalized spacial score (nSPS) is 13.8. The van der Waals surface area contributed by atoms with E-state index in [1.165, 1.54) is 58.8 Å². The zero-order valence-electron chi connectivity index (χ0n) is 20.9. The van der Waals surface area contributed by atoms with E-state index in [4.69, 9.17) is 14.2 Å². The van der Waals surface area contributed by atoms with Gasteiger partial charge in [-0.3, -0.25) is 0 Å². The molecule has 0 aliphatic carbocycles. The number of carbonyl (C=O) groups excluding carboxylic acids is 1. The first kappa shape index (κ1) is 27.9. The fourth-order valence-electron chi connectivity index (χ4n) is 4.13. The van der Waals surface area contributed by atoms with Crippen molar-refractivity contribution < 1.29 is 19.0 Å². The molecule has 0 aromatic heterocycles. The second kappa shape index (κ2) is 14.1. The SMILES string of the molecule is CCC[CH2][Sn](/[CH]=C/C(C)(OC(C)=O)c1cc(OC)cc(OC)c1)([CH2]CCC)[CH2]CCC. The number of hydrogen-bond donors (Lipinski definition) is 0. The zero-order valence-corrected chi connectivity index (χ0v) is 23.7. The summed E-state index contributed by atoms with van der Waals surface area (Å²) in [6, 6.07) is 5.73. The van der Waals surface area contributed by atoms with Crippen LogP contribution >= 0.6 is 0 Å². The van der Waals surface area contributed by atoms with Crippen molar-refractivity contribution in [2.45, 2.75) is 92.1 Å². The Kier molecular flexibility index (Phi) is 12.6. The Hall–Kier alpha value is -1.17. The first-order chi connectivity index (χ1) is 14.8. The number of carbonyl (C=O) groups is 1. The summed E-state index contributed by atoms with van der Waals surface area (Å²) in [5, 5.41) is 0. The third-order valence-corrected chi connectivity index (χ3v) is 20.2. The summed E-state index contributed by atoms with van der Waals surface area (Å²) in [4.78, 5) is 12.1. The summed E-state index contributed by atoms with van der Waals surface area (Å²) in [5.41, 5.74) is 0.0253. The van der Waals surface area contributed by atoms with Crippen molar-refractivity contribution in [3.8, 4) is 11.5 Å². The molecular formula is C26H44O4Sn. The molecule has 1 rings (SSSR count). The molecule has 0 aliphatic heterocycles. The predicted molar refractivity (Wildman–Crippen MR) is 133 cm³/mol. The quantitative estimate of drug-likeness (QED) is 0.172. The van der Waals surface area contributed by atoms with E-state index in [-0.39, 0.29) is 5.97 Å². The molecule has 0 bridgehead atoms. The summed E-state index contributed by atoms with van der Waals surface area (Å²) in [6.45, 7) is 10.3. The van der Waals surface area contributed by atoms with Crippen LogP contribution in [0.4, 0.5) is 0 Å². The molecule has 0 saturated carbocycles. The van der Waals surface area contributed by atoms with Gasteiger partial charge in [0.15, 0.2) is 0 Å². The van der Waals surface area contributed by atoms with E-state index in [0.29, 0.717) is 11.5 Å². The van der Waals surface area contributed by atoms with Gasteiger partial charge in [0.1, 0.15) is 0 Å². The molecule has 0 spiro atoms. The number of methoxy groups -OCH3 is 2. The third kappa shape index (κ3) is 9.07. The van der Waals surface area contributed by atoms with Crippen molar-refractivity contribution in [3.63, 3.8) is 0 Å². The molecule has 4 nitrogen and oxygen atoms in total. The molecule has 0 aliphatic rings. The van der Waals surface area contributed by atoms with Crippen molar-refractivity contribution >= 4 is 24.3 Å². The molecule has 1 unspecified atom stereocenters. The van der Waals surface area contributed by atoms with Crippen molar-refractivity contribution in [3.05, 3.63) is 33.9 Å². The van der Waals surface area contributed by atoms with E-state index in [0.717, 1.165) is 5.56 Å². The summed E-state index contributed by atoms with van der Waals surface area (Å²) in [5.74, 6) is 1.10. The zero-order chi connectivity index (χ0) is 23.3. The van der Waals surface area contributed by atoms with Crippen LogP contribution in [-0.4, -0.2) is 38.6 Å². The van der Waals surface area contributed by atoms with Crippen molar-refractivity contribution in [1.82, 2.24) is 0 Å². The van der Waals surface area contributed by atoms with Gasteiger partial charge in [-0.15, -0.1) is 0 Å². The van der Waals surface area contributed by atoms with Crippen LogP contribution in [0.25, 0.3) is 0 Å². The summed E-state index contributed by atoms with van der Waals surface area (Å²) >= 11 is -2.53. The first-order valence-electron chi connectivity index (χ1n) is 11.9. The van der Waals surface area contributed by atoms with E-state index >= 15 is 0 Å². The van der Waals surface area contributed by atoms with Gasteiger partial charge in [-0.2, -0.15) is 0 Å². The Balaban J connectivity index is 3.47. The number of benzene rings is 1. The van der Waals surface area contributed by atoms with Crippen LogP contribution in [-0.2, 0) is 15.1 Å². The number of ether oxygens (including phenoxy) is 3. The van der Waals surface area contributed by atoms with Crippen LogP contribution < -0.4 is 9.47 Å². The monoisotopic (exact) mass is 540 g/mol. The van der Waals surface area contributed by atoms with Crippen LogP contribution in [0.3, 0.4) is 0 Å². The molecule has 1 aromatic rings. The molecule has 0 radical (unpaired) electrons. The molecule has 0 fully saturated rings. The number of esters is 1. The molecule has 176 valence electrons. The van der Waals surface area contributed by atoms with Crippen molar-refractivity contribution in [2.24, 2.45) is 0 Å². The minimum atomic E-state index is -2.53. The molecule has 5 heteroatoms. The van der Waals surface area contributed by atoms with Crippen LogP contribution in [0.5, 0.6) is 11.5 Å². The topological polar surface area (TPSA) is 44.8 Å². The van der Waals surface area contributed by atoms with E-state index in [1.54, 1.807) is 14.2 Å². The maximum absolute atomic E-state index is 12.1. The van der Waals surface area contributed by atoms with Gasteiger partial charge in [0.2, 0.25) is 0 Å². The Morgan fingerprint density at radius 1 is 0.903 bits per heavy atom. The molecule has 1 aromatic carbocycles. The van der Waals surface area contributed by atoms with Crippen LogP contribution in [0.2, 0.25) is 13.3 Å². The third-order valence-electron chi connectivity index (χ3n) is 6.12. The minimum absolute atomic E-state index is 0.287. The van der Waals surface area contributed by atoms with Gasteiger partial charge >= 0.3 is 195 Å². The van der Waals surface area contributed by atoms with E-state index in [9.17, 15) is 4.79 Å². The molecule has 0 heterocycles. The van der Waals surface area contributed by atoms with Gasteiger partial charge in [0.25, 0.3) is 0 Å². The Labute approximate surface area is 194 Å². The van der Waals surface area contributed by atoms with Crippen LogP contribution in [0, 0.1) is 0 Å². The molecule has 31 heavy (non-hydrogen) atoms. The van der Waals surface area contributed by atoms with E-state index < -0.39 is 24.0 Å². The van der Waals surface area contributed by atoms with Crippen LogP contribution in [0.15, 0.2) is 28.4 Å². The van der Waals surface area contributed by atoms with Gasteiger partial charge in [-0.1, -0.05) is 0 Å². The molecule has 0 N–H and O–H groups in total. The molecule has 0 saturated heterocycles. The Morgan fingerprint density at radius 2 is 1.35 bits per heavy atom. The van der Waals surface area contributed by atoms with E-state index in [1.807, 2.05) is 25.1 Å². The number of unbranched alkanes of at least 4 members (excludes halogenated alkanes) is 3. The van der Waals surface area contributed by atoms with Gasteiger partial charge in [0.05, 0.1) is 0 Å². The molecule has 1 atom stereocenters. The van der Waals surface area contributed by atoms with Crippen LogP contribution in [0.1, 0.15) is 78.7 Å². The van der Waals surface area contributed by atoms with Gasteiger partial charge in [0, 0.05) is 0 Å². The fraction of sp³-hybridized carbons (Fsp3) is 0.654. The second-order valence-corrected chi connectivity index (χ2v) is 21.8. The maximum atomic E-state index is 12.1. The predicted octanol–water partition coefficient (Wildman–Crippen LogP) is 7.43. The summed E-state index contributed by atoms with van der Waals surface area (Å²) in [6.07, 6.45) is 9.79. The molecule has 0 amide bonds. The number of hydrogen-bond acceptors (Lipinski definition) is 4. The fourth-order valence-corrected chi connectivity index (χ4v) is 18.7. The standard InChI is InChI=1S/C14H17O4.3C4H9.Sn/c1-6-14(3,18-10(2)15)11-7-12(16-4)9-13(8-11)17-5;3*1-3-4-2;/h1,6-9H,2-5H3;3*1,3-4H2,2H3;. The summed E-state index contributed by atoms with van der Waals surface area (Å²) in [7, 11) is 3.28. The van der Waals surface area contributed by atoms with Crippen molar-refractivity contribution in [1.29, 1.82) is 0 Å². The average molecular weight is 539 g/mol. The Bertz CT molecular complexity index is 657. The van der Waals surface area contributed by atoms with Gasteiger partial charge in [-0.05, 0) is 0 Å². The Morgan fingerprint density at radius 3 is 1.71 bits per heavy atom.